The first-order chi connectivity index (χ1) is 8.52. The normalized spacial score (nSPS) is 18.0. The van der Waals surface area contributed by atoms with E-state index in [0.717, 1.165) is 24.7 Å². The van der Waals surface area contributed by atoms with Crippen molar-refractivity contribution in [3.05, 3.63) is 23.5 Å². The maximum absolute atomic E-state index is 5.41. The van der Waals surface area contributed by atoms with Crippen molar-refractivity contribution in [1.29, 1.82) is 0 Å². The van der Waals surface area contributed by atoms with E-state index in [4.69, 9.17) is 4.74 Å². The summed E-state index contributed by atoms with van der Waals surface area (Å²) in [5.74, 6) is 1.29. The zero-order valence-corrected chi connectivity index (χ0v) is 12.1. The van der Waals surface area contributed by atoms with E-state index in [1.807, 2.05) is 6.20 Å². The summed E-state index contributed by atoms with van der Waals surface area (Å²) in [6.07, 6.45) is 2.05. The first kappa shape index (κ1) is 13.3. The van der Waals surface area contributed by atoms with E-state index in [-0.39, 0.29) is 6.10 Å². The molecule has 1 aliphatic rings. The summed E-state index contributed by atoms with van der Waals surface area (Å²) in [7, 11) is 1.74. The predicted octanol–water partition coefficient (Wildman–Crippen LogP) is 3.37. The second-order valence-electron chi connectivity index (χ2n) is 5.71. The summed E-state index contributed by atoms with van der Waals surface area (Å²) >= 11 is 0. The van der Waals surface area contributed by atoms with Crippen LogP contribution in [0, 0.1) is 5.92 Å². The second kappa shape index (κ2) is 5.27. The van der Waals surface area contributed by atoms with Gasteiger partial charge in [0, 0.05) is 20.2 Å². The molecule has 1 aromatic rings. The highest BCUT2D eigenvalue weighted by Crippen LogP contribution is 2.31. The van der Waals surface area contributed by atoms with Gasteiger partial charge in [-0.2, -0.15) is 0 Å². The average molecular weight is 248 g/mol. The predicted molar refractivity (Wildman–Crippen MR) is 75.1 cm³/mol. The lowest BCUT2D eigenvalue weighted by molar-refractivity contribution is 0.115. The Labute approximate surface area is 110 Å². The Kier molecular flexibility index (Phi) is 3.91. The second-order valence-corrected chi connectivity index (χ2v) is 5.71. The van der Waals surface area contributed by atoms with Gasteiger partial charge >= 0.3 is 0 Å². The number of nitrogens with zero attached hydrogens (tertiary/aromatic N) is 2. The molecule has 100 valence electrons. The minimum atomic E-state index is 0.0618. The fourth-order valence-electron chi connectivity index (χ4n) is 2.48. The van der Waals surface area contributed by atoms with Crippen molar-refractivity contribution < 1.29 is 4.74 Å². The summed E-state index contributed by atoms with van der Waals surface area (Å²) in [6, 6.07) is 2.29. The van der Waals surface area contributed by atoms with Crippen LogP contribution in [0.3, 0.4) is 0 Å². The Morgan fingerprint density at radius 2 is 2.00 bits per heavy atom. The maximum atomic E-state index is 5.41. The van der Waals surface area contributed by atoms with Crippen molar-refractivity contribution in [2.45, 2.75) is 39.7 Å². The molecule has 0 amide bonds. The molecule has 2 heterocycles. The Hall–Kier alpha value is -1.09. The molecule has 0 N–H and O–H groups in total. The van der Waals surface area contributed by atoms with Crippen LogP contribution in [0.5, 0.6) is 0 Å². The first-order valence-corrected chi connectivity index (χ1v) is 6.80. The van der Waals surface area contributed by atoms with Crippen LogP contribution in [0.4, 0.5) is 5.69 Å². The number of methoxy groups -OCH3 is 1. The summed E-state index contributed by atoms with van der Waals surface area (Å²) in [4.78, 5) is 7.03. The summed E-state index contributed by atoms with van der Waals surface area (Å²) in [5.41, 5.74) is 3.63. The molecule has 1 aliphatic heterocycles. The molecule has 0 aliphatic carbocycles. The van der Waals surface area contributed by atoms with Gasteiger partial charge in [-0.15, -0.1) is 0 Å². The van der Waals surface area contributed by atoms with Gasteiger partial charge in [0.15, 0.2) is 0 Å². The van der Waals surface area contributed by atoms with Gasteiger partial charge in [-0.25, -0.2) is 0 Å². The fraction of sp³-hybridized carbons (Fsp3) is 0.667. The van der Waals surface area contributed by atoms with E-state index in [2.05, 4.69) is 43.6 Å². The average Bonchev–Trinajstić information content (AvgIpc) is 2.33. The van der Waals surface area contributed by atoms with Crippen LogP contribution in [-0.2, 0) is 4.74 Å². The molecule has 0 bridgehead atoms. The number of pyridine rings is 1. The van der Waals surface area contributed by atoms with Crippen LogP contribution in [0.15, 0.2) is 12.3 Å². The minimum Gasteiger partial charge on any atom is -0.375 e. The molecule has 1 unspecified atom stereocenters. The van der Waals surface area contributed by atoms with E-state index in [9.17, 15) is 0 Å². The van der Waals surface area contributed by atoms with Crippen molar-refractivity contribution in [2.24, 2.45) is 5.92 Å². The van der Waals surface area contributed by atoms with Crippen molar-refractivity contribution in [3.63, 3.8) is 0 Å². The zero-order valence-electron chi connectivity index (χ0n) is 12.1. The van der Waals surface area contributed by atoms with Gasteiger partial charge in [-0.05, 0) is 30.4 Å². The van der Waals surface area contributed by atoms with Crippen LogP contribution in [0.1, 0.15) is 51.0 Å². The lowest BCUT2D eigenvalue weighted by atomic mass is 9.96. The van der Waals surface area contributed by atoms with Crippen molar-refractivity contribution >= 4 is 5.69 Å². The number of hydrogen-bond acceptors (Lipinski definition) is 3. The number of hydrogen-bond donors (Lipinski definition) is 0. The van der Waals surface area contributed by atoms with Crippen LogP contribution >= 0.6 is 0 Å². The summed E-state index contributed by atoms with van der Waals surface area (Å²) in [6.45, 7) is 11.1. The molecule has 1 saturated heterocycles. The Morgan fingerprint density at radius 3 is 2.50 bits per heavy atom. The molecule has 0 saturated carbocycles. The van der Waals surface area contributed by atoms with Crippen LogP contribution in [0.25, 0.3) is 0 Å². The molecule has 3 nitrogen and oxygen atoms in total. The molecule has 1 fully saturated rings. The van der Waals surface area contributed by atoms with Gasteiger partial charge in [-0.3, -0.25) is 4.98 Å². The first-order valence-electron chi connectivity index (χ1n) is 6.80. The van der Waals surface area contributed by atoms with Gasteiger partial charge in [0.1, 0.15) is 0 Å². The highest BCUT2D eigenvalue weighted by Gasteiger charge is 2.24. The maximum Gasteiger partial charge on any atom is 0.0965 e. The Balaban J connectivity index is 2.28. The molecule has 0 spiro atoms. The number of ether oxygens (including phenoxy) is 1. The minimum absolute atomic E-state index is 0.0618. The molecule has 0 radical (unpaired) electrons. The van der Waals surface area contributed by atoms with E-state index in [1.165, 1.54) is 11.3 Å². The molecule has 3 heteroatoms. The molecule has 18 heavy (non-hydrogen) atoms. The monoisotopic (exact) mass is 248 g/mol. The third-order valence-corrected chi connectivity index (χ3v) is 3.72. The Bertz CT molecular complexity index is 411. The smallest absolute Gasteiger partial charge is 0.0965 e. The largest absolute Gasteiger partial charge is 0.375 e. The van der Waals surface area contributed by atoms with Gasteiger partial charge in [-0.1, -0.05) is 20.8 Å². The number of rotatable bonds is 4. The van der Waals surface area contributed by atoms with Crippen molar-refractivity contribution in [3.8, 4) is 0 Å². The SMILES string of the molecule is COC(C)c1ncc(N2CC(C)C2)cc1C(C)C. The summed E-state index contributed by atoms with van der Waals surface area (Å²) in [5, 5.41) is 0. The van der Waals surface area contributed by atoms with E-state index in [1.54, 1.807) is 7.11 Å². The van der Waals surface area contributed by atoms with Gasteiger partial charge in [0.05, 0.1) is 23.7 Å². The molecule has 1 aromatic heterocycles. The fourth-order valence-corrected chi connectivity index (χ4v) is 2.48. The lowest BCUT2D eigenvalue weighted by Gasteiger charge is -2.39. The van der Waals surface area contributed by atoms with Gasteiger partial charge in [0.25, 0.3) is 0 Å². The standard InChI is InChI=1S/C15H24N2O/c1-10(2)14-6-13(17-8-11(3)9-17)7-16-15(14)12(4)18-5/h6-7,10-12H,8-9H2,1-5H3. The van der Waals surface area contributed by atoms with Crippen LogP contribution < -0.4 is 4.90 Å². The highest BCUT2D eigenvalue weighted by molar-refractivity contribution is 5.50. The van der Waals surface area contributed by atoms with Gasteiger partial charge < -0.3 is 9.64 Å². The molecule has 2 rings (SSSR count). The van der Waals surface area contributed by atoms with E-state index >= 15 is 0 Å². The lowest BCUT2D eigenvalue weighted by Crippen LogP contribution is -2.45. The number of anilines is 1. The van der Waals surface area contributed by atoms with Crippen molar-refractivity contribution in [2.75, 3.05) is 25.1 Å². The van der Waals surface area contributed by atoms with Crippen LogP contribution in [0.2, 0.25) is 0 Å². The topological polar surface area (TPSA) is 25.4 Å². The van der Waals surface area contributed by atoms with Crippen LogP contribution in [-0.4, -0.2) is 25.2 Å². The molecular formula is C15H24N2O. The zero-order chi connectivity index (χ0) is 13.3. The molecular weight excluding hydrogens is 224 g/mol. The molecule has 0 aromatic carbocycles. The van der Waals surface area contributed by atoms with E-state index in [0.29, 0.717) is 5.92 Å². The van der Waals surface area contributed by atoms with Gasteiger partial charge in [0.2, 0.25) is 0 Å². The van der Waals surface area contributed by atoms with Crippen molar-refractivity contribution in [1.82, 2.24) is 4.98 Å². The third kappa shape index (κ3) is 2.51. The quantitative estimate of drug-likeness (QED) is 0.817. The number of aromatic nitrogens is 1. The summed E-state index contributed by atoms with van der Waals surface area (Å²) < 4.78 is 5.41. The molecule has 1 atom stereocenters. The third-order valence-electron chi connectivity index (χ3n) is 3.72. The van der Waals surface area contributed by atoms with E-state index < -0.39 is 0 Å². The highest BCUT2D eigenvalue weighted by atomic mass is 16.5. The Morgan fingerprint density at radius 1 is 1.33 bits per heavy atom.